The van der Waals surface area contributed by atoms with Gasteiger partial charge in [-0.3, -0.25) is 0 Å². The fraction of sp³-hybridized carbons (Fsp3) is 0. The van der Waals surface area contributed by atoms with Crippen molar-refractivity contribution in [3.05, 3.63) is 57.3 Å². The fourth-order valence-corrected chi connectivity index (χ4v) is 1.98. The van der Waals surface area contributed by atoms with E-state index in [-0.39, 0.29) is 0 Å². The Morgan fingerprint density at radius 1 is 0.312 bits per heavy atom. The average Bonchev–Trinajstić information content (AvgIpc) is 2.73. The van der Waals surface area contributed by atoms with E-state index in [1.807, 2.05) is 0 Å². The molecule has 0 aromatic carbocycles. The summed E-state index contributed by atoms with van der Waals surface area (Å²) in [5.41, 5.74) is -3.83. The van der Waals surface area contributed by atoms with Crippen molar-refractivity contribution < 1.29 is 26.3 Å². The Morgan fingerprint density at radius 2 is 0.625 bits per heavy atom. The van der Waals surface area contributed by atoms with Crippen molar-refractivity contribution >= 4 is 0 Å². The summed E-state index contributed by atoms with van der Waals surface area (Å²) < 4.78 is 78.7. The molecule has 82 valence electrons. The van der Waals surface area contributed by atoms with Crippen LogP contribution in [0, 0.1) is 0 Å². The highest BCUT2D eigenvalue weighted by atomic mass is 19.2. The molecule has 0 atom stereocenters. The topological polar surface area (TPSA) is 0 Å². The van der Waals surface area contributed by atoms with Gasteiger partial charge in [0.05, 0.1) is 16.7 Å². The lowest BCUT2D eigenvalue weighted by atomic mass is 10.1. The van der Waals surface area contributed by atoms with Gasteiger partial charge in [-0.05, 0) is 0 Å². The van der Waals surface area contributed by atoms with E-state index < -0.39 is 57.3 Å². The molecular weight excluding hydrogens is 234 g/mol. The minimum Gasteiger partial charge on any atom is -0.203 e. The van der Waals surface area contributed by atoms with Gasteiger partial charge in [-0.25, -0.2) is 26.3 Å². The Bertz CT molecular complexity index is 559. The molecule has 0 N–H and O–H groups in total. The highest BCUT2D eigenvalue weighted by Crippen LogP contribution is 2.59. The van der Waals surface area contributed by atoms with Crippen molar-refractivity contribution in [2.45, 2.75) is 0 Å². The van der Waals surface area contributed by atoms with Crippen LogP contribution >= 0.6 is 0 Å². The van der Waals surface area contributed by atoms with Crippen molar-refractivity contribution in [3.8, 4) is 0 Å². The fourth-order valence-electron chi connectivity index (χ4n) is 1.98. The van der Waals surface area contributed by atoms with E-state index in [4.69, 9.17) is 0 Å². The van der Waals surface area contributed by atoms with E-state index in [2.05, 4.69) is 0 Å². The van der Waals surface area contributed by atoms with Gasteiger partial charge in [0.15, 0.2) is 35.0 Å². The third-order valence-corrected chi connectivity index (χ3v) is 2.65. The van der Waals surface area contributed by atoms with E-state index in [1.165, 1.54) is 0 Å². The minimum absolute atomic E-state index is 0.708. The molecule has 0 aromatic heterocycles. The number of hydrogen-bond acceptors (Lipinski definition) is 0. The molecule has 0 heterocycles. The summed E-state index contributed by atoms with van der Waals surface area (Å²) in [7, 11) is 0. The predicted octanol–water partition coefficient (Wildman–Crippen LogP) is 4.07. The van der Waals surface area contributed by atoms with Gasteiger partial charge in [0.2, 0.25) is 0 Å². The SMILES string of the molecule is FC1=C(F)C2=C3C1=C(F)C(F)=C3C(F)=C2F. The summed E-state index contributed by atoms with van der Waals surface area (Å²) in [5, 5.41) is 0. The zero-order valence-corrected chi connectivity index (χ0v) is 7.27. The molecule has 0 aromatic rings. The molecule has 0 amide bonds. The monoisotopic (exact) mass is 234 g/mol. The van der Waals surface area contributed by atoms with Crippen LogP contribution in [0.3, 0.4) is 0 Å². The Labute approximate surface area is 84.6 Å². The van der Waals surface area contributed by atoms with Gasteiger partial charge in [-0.2, -0.15) is 0 Å². The minimum atomic E-state index is -1.70. The lowest BCUT2D eigenvalue weighted by molar-refractivity contribution is 0.526. The maximum atomic E-state index is 13.1. The Morgan fingerprint density at radius 3 is 1.00 bits per heavy atom. The summed E-state index contributed by atoms with van der Waals surface area (Å²) in [4.78, 5) is 0. The third-order valence-electron chi connectivity index (χ3n) is 2.65. The molecular formula is C10F6. The first-order valence-corrected chi connectivity index (χ1v) is 4.13. The molecule has 0 unspecified atom stereocenters. The Balaban J connectivity index is 2.45. The average molecular weight is 234 g/mol. The van der Waals surface area contributed by atoms with E-state index in [9.17, 15) is 26.3 Å². The van der Waals surface area contributed by atoms with Crippen LogP contribution in [0.2, 0.25) is 0 Å². The molecule has 0 aliphatic heterocycles. The second-order valence-electron chi connectivity index (χ2n) is 3.38. The van der Waals surface area contributed by atoms with Crippen molar-refractivity contribution in [2.24, 2.45) is 0 Å². The first-order chi connectivity index (χ1) is 7.46. The largest absolute Gasteiger partial charge is 0.203 e. The molecule has 16 heavy (non-hydrogen) atoms. The van der Waals surface area contributed by atoms with Crippen LogP contribution in [-0.4, -0.2) is 0 Å². The number of hydrogen-bond donors (Lipinski definition) is 0. The summed E-state index contributed by atoms with van der Waals surface area (Å²) in [5.74, 6) is -10.2. The van der Waals surface area contributed by atoms with Crippen LogP contribution < -0.4 is 0 Å². The van der Waals surface area contributed by atoms with Crippen molar-refractivity contribution in [2.75, 3.05) is 0 Å². The summed E-state index contributed by atoms with van der Waals surface area (Å²) in [6, 6.07) is 0. The van der Waals surface area contributed by atoms with Crippen LogP contribution in [0.25, 0.3) is 0 Å². The quantitative estimate of drug-likeness (QED) is 0.554. The molecule has 0 saturated heterocycles. The summed E-state index contributed by atoms with van der Waals surface area (Å²) in [6.45, 7) is 0. The van der Waals surface area contributed by atoms with Crippen molar-refractivity contribution in [1.82, 2.24) is 0 Å². The number of allylic oxidation sites excluding steroid dienone is 10. The Hall–Kier alpha value is -1.72. The molecule has 0 saturated carbocycles. The molecule has 0 radical (unpaired) electrons. The van der Waals surface area contributed by atoms with Crippen LogP contribution in [0.1, 0.15) is 0 Å². The second kappa shape index (κ2) is 2.50. The van der Waals surface area contributed by atoms with Crippen molar-refractivity contribution in [3.63, 3.8) is 0 Å². The molecule has 3 aliphatic rings. The third kappa shape index (κ3) is 0.730. The second-order valence-corrected chi connectivity index (χ2v) is 3.38. The molecule has 0 fully saturated rings. The summed E-state index contributed by atoms with van der Waals surface area (Å²) >= 11 is 0. The normalized spacial score (nSPS) is 23.6. The first-order valence-electron chi connectivity index (χ1n) is 4.13. The van der Waals surface area contributed by atoms with Gasteiger partial charge in [0.1, 0.15) is 0 Å². The van der Waals surface area contributed by atoms with E-state index in [1.54, 1.807) is 0 Å². The van der Waals surface area contributed by atoms with Crippen LogP contribution in [0.4, 0.5) is 26.3 Å². The van der Waals surface area contributed by atoms with Gasteiger partial charge >= 0.3 is 0 Å². The van der Waals surface area contributed by atoms with Gasteiger partial charge < -0.3 is 0 Å². The van der Waals surface area contributed by atoms with Gasteiger partial charge in [-0.1, -0.05) is 0 Å². The smallest absolute Gasteiger partial charge is 0.170 e. The standard InChI is InChI=1S/C10F6/c11-5-2-1-3(7(5)13)9(15)10(16)4(1)8(14)6(2)12. The summed E-state index contributed by atoms with van der Waals surface area (Å²) in [6.07, 6.45) is 0. The van der Waals surface area contributed by atoms with E-state index >= 15 is 0 Å². The van der Waals surface area contributed by atoms with Crippen LogP contribution in [0.15, 0.2) is 57.3 Å². The predicted molar refractivity (Wildman–Crippen MR) is 41.8 cm³/mol. The highest BCUT2D eigenvalue weighted by Gasteiger charge is 2.49. The van der Waals surface area contributed by atoms with Crippen molar-refractivity contribution in [1.29, 1.82) is 0 Å². The van der Waals surface area contributed by atoms with E-state index in [0.29, 0.717) is 0 Å². The number of rotatable bonds is 0. The molecule has 3 rings (SSSR count). The Kier molecular flexibility index (Phi) is 1.49. The van der Waals surface area contributed by atoms with Gasteiger partial charge in [0.25, 0.3) is 0 Å². The molecule has 0 nitrogen and oxygen atoms in total. The highest BCUT2D eigenvalue weighted by molar-refractivity contribution is 5.84. The molecule has 0 spiro atoms. The van der Waals surface area contributed by atoms with E-state index in [0.717, 1.165) is 0 Å². The lowest BCUT2D eigenvalue weighted by Gasteiger charge is -1.96. The maximum absolute atomic E-state index is 13.1. The number of halogens is 6. The van der Waals surface area contributed by atoms with Crippen LogP contribution in [-0.2, 0) is 0 Å². The zero-order valence-electron chi connectivity index (χ0n) is 7.27. The van der Waals surface area contributed by atoms with Gasteiger partial charge in [0, 0.05) is 5.57 Å². The molecule has 3 aliphatic carbocycles. The molecule has 0 bridgehead atoms. The maximum Gasteiger partial charge on any atom is 0.170 e. The zero-order chi connectivity index (χ0) is 11.8. The first kappa shape index (κ1) is 9.50. The van der Waals surface area contributed by atoms with Crippen LogP contribution in [0.5, 0.6) is 0 Å². The molecule has 6 heteroatoms. The van der Waals surface area contributed by atoms with Gasteiger partial charge in [-0.15, -0.1) is 0 Å². The lowest BCUT2D eigenvalue weighted by Crippen LogP contribution is -1.85.